The largest absolute Gasteiger partial charge is 0.325 e. The van der Waals surface area contributed by atoms with Crippen molar-refractivity contribution < 1.29 is 0 Å². The van der Waals surface area contributed by atoms with Gasteiger partial charge < -0.3 is 5.32 Å². The van der Waals surface area contributed by atoms with E-state index in [-0.39, 0.29) is 0 Å². The number of benzene rings is 2. The van der Waals surface area contributed by atoms with Crippen molar-refractivity contribution in [3.63, 3.8) is 0 Å². The second kappa shape index (κ2) is 5.83. The average Bonchev–Trinajstić information content (AvgIpc) is 2.89. The number of hydrogen-bond donors (Lipinski definition) is 1. The minimum atomic E-state index is 0.840. The van der Waals surface area contributed by atoms with Crippen LogP contribution in [0.25, 0.3) is 5.69 Å². The van der Waals surface area contributed by atoms with Gasteiger partial charge in [-0.2, -0.15) is 0 Å². The molecule has 1 heterocycles. The van der Waals surface area contributed by atoms with Crippen molar-refractivity contribution in [2.75, 3.05) is 5.32 Å². The summed E-state index contributed by atoms with van der Waals surface area (Å²) in [4.78, 5) is 4.59. The number of aryl methyl sites for hydroxylation is 2. The van der Waals surface area contributed by atoms with E-state index in [0.29, 0.717) is 0 Å². The third-order valence-electron chi connectivity index (χ3n) is 3.45. The molecule has 0 amide bonds. The molecule has 3 nitrogen and oxygen atoms in total. The molecule has 3 aromatic rings. The molecular weight excluding hydrogens is 258 g/mol. The van der Waals surface area contributed by atoms with E-state index in [2.05, 4.69) is 58.2 Å². The highest BCUT2D eigenvalue weighted by atomic mass is 15.2. The maximum Gasteiger partial charge on any atom is 0.212 e. The zero-order valence-corrected chi connectivity index (χ0v) is 12.4. The summed E-state index contributed by atoms with van der Waals surface area (Å²) in [6, 6.07) is 18.7. The van der Waals surface area contributed by atoms with Crippen molar-refractivity contribution in [1.82, 2.24) is 9.55 Å². The third kappa shape index (κ3) is 2.97. The smallest absolute Gasteiger partial charge is 0.212 e. The molecular formula is C18H19N3. The SMILES string of the molecule is CCc1cccc(Nc2nc(C)cn2-c2ccccc2)c1. The highest BCUT2D eigenvalue weighted by molar-refractivity contribution is 5.57. The molecule has 0 unspecified atom stereocenters. The van der Waals surface area contributed by atoms with Crippen LogP contribution in [-0.4, -0.2) is 9.55 Å². The third-order valence-corrected chi connectivity index (χ3v) is 3.45. The predicted molar refractivity (Wildman–Crippen MR) is 87.4 cm³/mol. The van der Waals surface area contributed by atoms with E-state index in [0.717, 1.165) is 29.4 Å². The number of rotatable bonds is 4. The van der Waals surface area contributed by atoms with Gasteiger partial charge in [-0.15, -0.1) is 0 Å². The van der Waals surface area contributed by atoms with Crippen LogP contribution in [0, 0.1) is 6.92 Å². The Labute approximate surface area is 125 Å². The van der Waals surface area contributed by atoms with Crippen LogP contribution in [0.3, 0.4) is 0 Å². The number of para-hydroxylation sites is 1. The van der Waals surface area contributed by atoms with Gasteiger partial charge in [-0.3, -0.25) is 4.57 Å². The fraction of sp³-hybridized carbons (Fsp3) is 0.167. The maximum absolute atomic E-state index is 4.59. The van der Waals surface area contributed by atoms with Crippen LogP contribution in [0.2, 0.25) is 0 Å². The van der Waals surface area contributed by atoms with Crippen molar-refractivity contribution >= 4 is 11.6 Å². The van der Waals surface area contributed by atoms with E-state index in [9.17, 15) is 0 Å². The van der Waals surface area contributed by atoms with Crippen LogP contribution in [0.1, 0.15) is 18.2 Å². The Morgan fingerprint density at radius 2 is 1.86 bits per heavy atom. The minimum absolute atomic E-state index is 0.840. The molecule has 0 aliphatic heterocycles. The molecule has 0 saturated heterocycles. The summed E-state index contributed by atoms with van der Waals surface area (Å²) in [5.41, 5.74) is 4.48. The molecule has 0 radical (unpaired) electrons. The normalized spacial score (nSPS) is 10.6. The lowest BCUT2D eigenvalue weighted by molar-refractivity contribution is 1.06. The Kier molecular flexibility index (Phi) is 3.73. The molecule has 1 aromatic heterocycles. The summed E-state index contributed by atoms with van der Waals surface area (Å²) in [7, 11) is 0. The van der Waals surface area contributed by atoms with Crippen LogP contribution < -0.4 is 5.32 Å². The summed E-state index contributed by atoms with van der Waals surface area (Å²) in [6.07, 6.45) is 3.07. The van der Waals surface area contributed by atoms with E-state index in [1.807, 2.05) is 31.3 Å². The van der Waals surface area contributed by atoms with Crippen molar-refractivity contribution in [3.8, 4) is 5.69 Å². The van der Waals surface area contributed by atoms with Gasteiger partial charge in [0.25, 0.3) is 0 Å². The van der Waals surface area contributed by atoms with Gasteiger partial charge in [-0.25, -0.2) is 4.98 Å². The topological polar surface area (TPSA) is 29.9 Å². The molecule has 0 saturated carbocycles. The van der Waals surface area contributed by atoms with E-state index in [4.69, 9.17) is 0 Å². The lowest BCUT2D eigenvalue weighted by atomic mass is 10.1. The van der Waals surface area contributed by atoms with E-state index < -0.39 is 0 Å². The fourth-order valence-corrected chi connectivity index (χ4v) is 2.37. The van der Waals surface area contributed by atoms with Crippen LogP contribution in [0.15, 0.2) is 60.8 Å². The molecule has 3 rings (SSSR count). The van der Waals surface area contributed by atoms with Crippen molar-refractivity contribution in [2.24, 2.45) is 0 Å². The van der Waals surface area contributed by atoms with E-state index in [1.54, 1.807) is 0 Å². The number of nitrogens with zero attached hydrogens (tertiary/aromatic N) is 2. The molecule has 2 aromatic carbocycles. The Morgan fingerprint density at radius 1 is 1.05 bits per heavy atom. The summed E-state index contributed by atoms with van der Waals surface area (Å²) < 4.78 is 2.08. The van der Waals surface area contributed by atoms with Crippen LogP contribution in [0.5, 0.6) is 0 Å². The number of aromatic nitrogens is 2. The lowest BCUT2D eigenvalue weighted by Crippen LogP contribution is -2.01. The number of anilines is 2. The molecule has 0 fully saturated rings. The minimum Gasteiger partial charge on any atom is -0.325 e. The van der Waals surface area contributed by atoms with Gasteiger partial charge in [0.1, 0.15) is 0 Å². The molecule has 0 spiro atoms. The maximum atomic E-state index is 4.59. The monoisotopic (exact) mass is 277 g/mol. The number of hydrogen-bond acceptors (Lipinski definition) is 2. The van der Waals surface area contributed by atoms with Crippen molar-refractivity contribution in [2.45, 2.75) is 20.3 Å². The highest BCUT2D eigenvalue weighted by Crippen LogP contribution is 2.21. The van der Waals surface area contributed by atoms with Gasteiger partial charge in [0.2, 0.25) is 5.95 Å². The molecule has 1 N–H and O–H groups in total. The highest BCUT2D eigenvalue weighted by Gasteiger charge is 2.07. The molecule has 106 valence electrons. The zero-order valence-electron chi connectivity index (χ0n) is 12.4. The Bertz CT molecular complexity index is 729. The molecule has 0 aliphatic carbocycles. The first-order chi connectivity index (χ1) is 10.3. The zero-order chi connectivity index (χ0) is 14.7. The molecule has 0 bridgehead atoms. The number of imidazole rings is 1. The van der Waals surface area contributed by atoms with Gasteiger partial charge in [0, 0.05) is 17.6 Å². The predicted octanol–water partition coefficient (Wildman–Crippen LogP) is 4.49. The van der Waals surface area contributed by atoms with Crippen LogP contribution in [0.4, 0.5) is 11.6 Å². The molecule has 21 heavy (non-hydrogen) atoms. The van der Waals surface area contributed by atoms with Gasteiger partial charge in [-0.1, -0.05) is 37.3 Å². The van der Waals surface area contributed by atoms with Gasteiger partial charge in [0.15, 0.2) is 0 Å². The average molecular weight is 277 g/mol. The first-order valence-corrected chi connectivity index (χ1v) is 7.23. The Morgan fingerprint density at radius 3 is 2.62 bits per heavy atom. The summed E-state index contributed by atoms with van der Waals surface area (Å²) in [5, 5.41) is 3.42. The van der Waals surface area contributed by atoms with Gasteiger partial charge in [-0.05, 0) is 43.2 Å². The second-order valence-corrected chi connectivity index (χ2v) is 5.09. The molecule has 3 heteroatoms. The van der Waals surface area contributed by atoms with E-state index in [1.165, 1.54) is 5.56 Å². The lowest BCUT2D eigenvalue weighted by Gasteiger charge is -2.10. The van der Waals surface area contributed by atoms with Gasteiger partial charge >= 0.3 is 0 Å². The summed E-state index contributed by atoms with van der Waals surface area (Å²) >= 11 is 0. The number of nitrogens with one attached hydrogen (secondary N) is 1. The van der Waals surface area contributed by atoms with Gasteiger partial charge in [0.05, 0.1) is 5.69 Å². The summed E-state index contributed by atoms with van der Waals surface area (Å²) in [6.45, 7) is 4.17. The van der Waals surface area contributed by atoms with E-state index >= 15 is 0 Å². The van der Waals surface area contributed by atoms with Crippen molar-refractivity contribution in [1.29, 1.82) is 0 Å². The quantitative estimate of drug-likeness (QED) is 0.761. The first-order valence-electron chi connectivity index (χ1n) is 7.23. The fourth-order valence-electron chi connectivity index (χ4n) is 2.37. The van der Waals surface area contributed by atoms with Crippen molar-refractivity contribution in [3.05, 3.63) is 72.1 Å². The first kappa shape index (κ1) is 13.4. The molecule has 0 atom stereocenters. The van der Waals surface area contributed by atoms with Crippen LogP contribution >= 0.6 is 0 Å². The standard InChI is InChI=1S/C18H19N3/c1-3-15-8-7-9-16(12-15)20-18-19-14(2)13-21(18)17-10-5-4-6-11-17/h4-13H,3H2,1-2H3,(H,19,20). The van der Waals surface area contributed by atoms with Crippen LogP contribution in [-0.2, 0) is 6.42 Å². The second-order valence-electron chi connectivity index (χ2n) is 5.09. The Balaban J connectivity index is 1.96. The summed E-state index contributed by atoms with van der Waals surface area (Å²) in [5.74, 6) is 0.840. The Hall–Kier alpha value is -2.55. The molecule has 0 aliphatic rings.